The first-order chi connectivity index (χ1) is 12.5. The van der Waals surface area contributed by atoms with Crippen LogP contribution < -0.4 is 10.2 Å². The van der Waals surface area contributed by atoms with E-state index in [1.807, 2.05) is 36.1 Å². The minimum atomic E-state index is -0.104. The van der Waals surface area contributed by atoms with E-state index in [-0.39, 0.29) is 6.03 Å². The Hall–Kier alpha value is -2.85. The number of hydrogen-bond donors (Lipinski definition) is 1. The van der Waals surface area contributed by atoms with Gasteiger partial charge in [-0.1, -0.05) is 23.7 Å². The Labute approximate surface area is 157 Å². The summed E-state index contributed by atoms with van der Waals surface area (Å²) in [6.45, 7) is 4.66. The lowest BCUT2D eigenvalue weighted by atomic mass is 10.2. The molecule has 1 N–H and O–H groups in total. The van der Waals surface area contributed by atoms with Gasteiger partial charge in [-0.05, 0) is 30.7 Å². The van der Waals surface area contributed by atoms with Gasteiger partial charge in [0.05, 0.1) is 0 Å². The highest BCUT2D eigenvalue weighted by Crippen LogP contribution is 2.14. The molecule has 0 bridgehead atoms. The van der Waals surface area contributed by atoms with Crippen LogP contribution in [0.1, 0.15) is 17.0 Å². The van der Waals surface area contributed by atoms with Gasteiger partial charge in [-0.15, -0.1) is 0 Å². The van der Waals surface area contributed by atoms with Crippen molar-refractivity contribution in [3.05, 3.63) is 52.3 Å². The van der Waals surface area contributed by atoms with Crippen molar-refractivity contribution in [2.24, 2.45) is 0 Å². The molecule has 0 atom stereocenters. The maximum absolute atomic E-state index is 12.3. The molecule has 26 heavy (non-hydrogen) atoms. The molecule has 1 aliphatic rings. The molecule has 7 nitrogen and oxygen atoms in total. The maximum atomic E-state index is 12.3. The van der Waals surface area contributed by atoms with E-state index >= 15 is 0 Å². The van der Waals surface area contributed by atoms with Crippen LogP contribution >= 0.6 is 11.6 Å². The summed E-state index contributed by atoms with van der Waals surface area (Å²) < 4.78 is 0. The number of rotatable bonds is 3. The number of nitrogens with one attached hydrogen (secondary N) is 1. The topological polar surface area (TPSA) is 85.2 Å². The molecule has 8 heteroatoms. The van der Waals surface area contributed by atoms with E-state index in [9.17, 15) is 4.79 Å². The molecular formula is C18H19ClN6O. The molecule has 2 amide bonds. The number of aryl methyl sites for hydroxylation is 1. The Morgan fingerprint density at radius 1 is 1.27 bits per heavy atom. The number of aromatic nitrogens is 2. The Morgan fingerprint density at radius 2 is 2.04 bits per heavy atom. The predicted molar refractivity (Wildman–Crippen MR) is 99.0 cm³/mol. The van der Waals surface area contributed by atoms with Gasteiger partial charge in [0.15, 0.2) is 0 Å². The SMILES string of the molecule is Cc1cc(C#N)nc(N2CCN(C(=O)NCc3cccc(Cl)c3)CC2)n1. The van der Waals surface area contributed by atoms with Crippen molar-refractivity contribution in [1.82, 2.24) is 20.2 Å². The lowest BCUT2D eigenvalue weighted by Gasteiger charge is -2.34. The Balaban J connectivity index is 1.54. The summed E-state index contributed by atoms with van der Waals surface area (Å²) in [4.78, 5) is 24.7. The van der Waals surface area contributed by atoms with Crippen molar-refractivity contribution >= 4 is 23.6 Å². The van der Waals surface area contributed by atoms with Crippen LogP contribution in [0, 0.1) is 18.3 Å². The van der Waals surface area contributed by atoms with Crippen molar-refractivity contribution in [2.75, 3.05) is 31.1 Å². The van der Waals surface area contributed by atoms with Crippen molar-refractivity contribution in [3.8, 4) is 6.07 Å². The number of nitrogens with zero attached hydrogens (tertiary/aromatic N) is 5. The van der Waals surface area contributed by atoms with Crippen LogP contribution in [0.25, 0.3) is 0 Å². The lowest BCUT2D eigenvalue weighted by Crippen LogP contribution is -2.52. The molecule has 0 saturated carbocycles. The number of carbonyl (C=O) groups is 1. The first-order valence-electron chi connectivity index (χ1n) is 8.33. The van der Waals surface area contributed by atoms with Crippen molar-refractivity contribution in [3.63, 3.8) is 0 Å². The normalized spacial score (nSPS) is 14.0. The highest BCUT2D eigenvalue weighted by Gasteiger charge is 2.22. The molecule has 134 valence electrons. The fourth-order valence-electron chi connectivity index (χ4n) is 2.80. The van der Waals surface area contributed by atoms with Gasteiger partial charge in [-0.3, -0.25) is 0 Å². The van der Waals surface area contributed by atoms with Gasteiger partial charge in [0.1, 0.15) is 11.8 Å². The molecule has 1 saturated heterocycles. The van der Waals surface area contributed by atoms with Gasteiger partial charge < -0.3 is 15.1 Å². The van der Waals surface area contributed by atoms with E-state index in [1.165, 1.54) is 0 Å². The Bertz CT molecular complexity index is 842. The molecule has 0 unspecified atom stereocenters. The smallest absolute Gasteiger partial charge is 0.317 e. The summed E-state index contributed by atoms with van der Waals surface area (Å²) in [5.41, 5.74) is 2.07. The van der Waals surface area contributed by atoms with Gasteiger partial charge in [0.2, 0.25) is 5.95 Å². The largest absolute Gasteiger partial charge is 0.337 e. The second-order valence-corrected chi connectivity index (χ2v) is 6.51. The van der Waals surface area contributed by atoms with Gasteiger partial charge in [-0.25, -0.2) is 14.8 Å². The third-order valence-electron chi connectivity index (χ3n) is 4.14. The molecule has 0 radical (unpaired) electrons. The summed E-state index contributed by atoms with van der Waals surface area (Å²) in [5.74, 6) is 0.542. The second-order valence-electron chi connectivity index (χ2n) is 6.07. The molecule has 0 spiro atoms. The first kappa shape index (κ1) is 18.0. The number of halogens is 1. The van der Waals surface area contributed by atoms with Crippen molar-refractivity contribution in [2.45, 2.75) is 13.5 Å². The third kappa shape index (κ3) is 4.41. The minimum Gasteiger partial charge on any atom is -0.337 e. The lowest BCUT2D eigenvalue weighted by molar-refractivity contribution is 0.193. The molecule has 3 rings (SSSR count). The van der Waals surface area contributed by atoms with E-state index in [4.69, 9.17) is 16.9 Å². The average Bonchev–Trinajstić information content (AvgIpc) is 2.65. The van der Waals surface area contributed by atoms with E-state index in [0.717, 1.165) is 11.3 Å². The molecule has 1 aliphatic heterocycles. The Morgan fingerprint density at radius 3 is 2.73 bits per heavy atom. The molecule has 1 fully saturated rings. The predicted octanol–water partition coefficient (Wildman–Crippen LogP) is 2.34. The number of carbonyl (C=O) groups excluding carboxylic acids is 1. The number of piperazine rings is 1. The second kappa shape index (κ2) is 8.02. The number of urea groups is 1. The zero-order valence-electron chi connectivity index (χ0n) is 14.4. The zero-order chi connectivity index (χ0) is 18.5. The summed E-state index contributed by atoms with van der Waals surface area (Å²) >= 11 is 5.96. The molecule has 0 aliphatic carbocycles. The van der Waals surface area contributed by atoms with E-state index in [1.54, 1.807) is 17.0 Å². The highest BCUT2D eigenvalue weighted by atomic mass is 35.5. The first-order valence-corrected chi connectivity index (χ1v) is 8.71. The molecular weight excluding hydrogens is 352 g/mol. The number of amides is 2. The average molecular weight is 371 g/mol. The third-order valence-corrected chi connectivity index (χ3v) is 4.37. The number of nitriles is 1. The quantitative estimate of drug-likeness (QED) is 0.896. The van der Waals surface area contributed by atoms with Crippen LogP contribution in [-0.4, -0.2) is 47.1 Å². The van der Waals surface area contributed by atoms with Crippen LogP contribution in [0.5, 0.6) is 0 Å². The molecule has 2 heterocycles. The fourth-order valence-corrected chi connectivity index (χ4v) is 3.01. The van der Waals surface area contributed by atoms with E-state index in [2.05, 4.69) is 15.3 Å². The standard InChI is InChI=1S/C18H19ClN6O/c1-13-9-16(11-20)23-17(22-13)24-5-7-25(8-6-24)18(26)21-12-14-3-2-4-15(19)10-14/h2-4,9-10H,5-8,12H2,1H3,(H,21,26). The number of benzene rings is 1. The zero-order valence-corrected chi connectivity index (χ0v) is 15.2. The van der Waals surface area contributed by atoms with E-state index < -0.39 is 0 Å². The Kier molecular flexibility index (Phi) is 5.54. The number of anilines is 1. The highest BCUT2D eigenvalue weighted by molar-refractivity contribution is 6.30. The van der Waals surface area contributed by atoms with Crippen LogP contribution in [-0.2, 0) is 6.54 Å². The summed E-state index contributed by atoms with van der Waals surface area (Å²) in [5, 5.41) is 12.6. The van der Waals surface area contributed by atoms with Crippen molar-refractivity contribution in [1.29, 1.82) is 5.26 Å². The van der Waals surface area contributed by atoms with Crippen molar-refractivity contribution < 1.29 is 4.79 Å². The maximum Gasteiger partial charge on any atom is 0.317 e. The molecule has 2 aromatic rings. The number of hydrogen-bond acceptors (Lipinski definition) is 5. The molecule has 1 aromatic carbocycles. The molecule has 1 aromatic heterocycles. The van der Waals surface area contributed by atoms with E-state index in [0.29, 0.717) is 49.4 Å². The van der Waals surface area contributed by atoms with Crippen LogP contribution in [0.15, 0.2) is 30.3 Å². The minimum absolute atomic E-state index is 0.104. The van der Waals surface area contributed by atoms with Crippen LogP contribution in [0.4, 0.5) is 10.7 Å². The van der Waals surface area contributed by atoms with Crippen LogP contribution in [0.2, 0.25) is 5.02 Å². The van der Waals surface area contributed by atoms with Gasteiger partial charge >= 0.3 is 6.03 Å². The summed E-state index contributed by atoms with van der Waals surface area (Å²) in [6, 6.07) is 11.0. The monoisotopic (exact) mass is 370 g/mol. The fraction of sp³-hybridized carbons (Fsp3) is 0.333. The van der Waals surface area contributed by atoms with Crippen LogP contribution in [0.3, 0.4) is 0 Å². The summed E-state index contributed by atoms with van der Waals surface area (Å²) in [6.07, 6.45) is 0. The summed E-state index contributed by atoms with van der Waals surface area (Å²) in [7, 11) is 0. The van der Waals surface area contributed by atoms with Gasteiger partial charge in [-0.2, -0.15) is 5.26 Å². The van der Waals surface area contributed by atoms with Gasteiger partial charge in [0.25, 0.3) is 0 Å². The van der Waals surface area contributed by atoms with Gasteiger partial charge in [0, 0.05) is 43.4 Å².